The number of ether oxygens (including phenoxy) is 1. The number of para-hydroxylation sites is 1. The lowest BCUT2D eigenvalue weighted by molar-refractivity contribution is -0.274. The molecule has 20 heavy (non-hydrogen) atoms. The third-order valence-corrected chi connectivity index (χ3v) is 2.39. The summed E-state index contributed by atoms with van der Waals surface area (Å²) in [6.07, 6.45) is -3.33. The summed E-state index contributed by atoms with van der Waals surface area (Å²) in [6, 6.07) is 5.76. The van der Waals surface area contributed by atoms with E-state index in [9.17, 15) is 18.0 Å². The van der Waals surface area contributed by atoms with Gasteiger partial charge in [0.05, 0.1) is 0 Å². The highest BCUT2D eigenvalue weighted by molar-refractivity contribution is 5.87. The van der Waals surface area contributed by atoms with Crippen LogP contribution in [0.1, 0.15) is 19.4 Å². The summed E-state index contributed by atoms with van der Waals surface area (Å²) in [7, 11) is 1.52. The Bertz CT molecular complexity index is 505. The summed E-state index contributed by atoms with van der Waals surface area (Å²) in [4.78, 5) is 13.1. The second-order valence-electron chi connectivity index (χ2n) is 4.57. The number of hydrogen-bond acceptors (Lipinski definition) is 2. The van der Waals surface area contributed by atoms with E-state index < -0.39 is 6.36 Å². The van der Waals surface area contributed by atoms with E-state index in [0.29, 0.717) is 5.56 Å². The van der Waals surface area contributed by atoms with Gasteiger partial charge in [0.1, 0.15) is 5.75 Å². The number of alkyl halides is 3. The molecule has 0 radical (unpaired) electrons. The molecule has 0 saturated heterocycles. The van der Waals surface area contributed by atoms with Crippen molar-refractivity contribution in [2.75, 3.05) is 7.05 Å². The van der Waals surface area contributed by atoms with E-state index in [1.54, 1.807) is 19.9 Å². The number of halogens is 3. The van der Waals surface area contributed by atoms with Crippen LogP contribution >= 0.6 is 0 Å². The van der Waals surface area contributed by atoms with E-state index in [4.69, 9.17) is 0 Å². The maximum absolute atomic E-state index is 12.3. The molecular formula is C14H16F3NO2. The maximum atomic E-state index is 12.3. The lowest BCUT2D eigenvalue weighted by Gasteiger charge is -2.18. The van der Waals surface area contributed by atoms with Crippen LogP contribution in [0.15, 0.2) is 35.9 Å². The zero-order valence-corrected chi connectivity index (χ0v) is 11.5. The molecule has 0 N–H and O–H groups in total. The number of carbonyl (C=O) groups is 1. The SMILES string of the molecule is CC(C)=CC(=O)N(C)Cc1ccccc1OC(F)(F)F. The minimum atomic E-state index is -4.75. The quantitative estimate of drug-likeness (QED) is 0.793. The molecule has 1 amide bonds. The van der Waals surface area contributed by atoms with Gasteiger partial charge in [0.25, 0.3) is 0 Å². The first-order valence-electron chi connectivity index (χ1n) is 5.92. The van der Waals surface area contributed by atoms with Crippen LogP contribution in [0.25, 0.3) is 0 Å². The highest BCUT2D eigenvalue weighted by Crippen LogP contribution is 2.26. The van der Waals surface area contributed by atoms with Crippen molar-refractivity contribution in [1.82, 2.24) is 4.90 Å². The molecule has 0 aromatic heterocycles. The summed E-state index contributed by atoms with van der Waals surface area (Å²) in [5, 5.41) is 0. The molecule has 0 aliphatic rings. The number of hydrogen-bond donors (Lipinski definition) is 0. The first kappa shape index (κ1) is 16.1. The van der Waals surface area contributed by atoms with Crippen LogP contribution in [0, 0.1) is 0 Å². The largest absolute Gasteiger partial charge is 0.573 e. The topological polar surface area (TPSA) is 29.5 Å². The molecular weight excluding hydrogens is 271 g/mol. The molecule has 6 heteroatoms. The molecule has 0 spiro atoms. The Balaban J connectivity index is 2.87. The number of allylic oxidation sites excluding steroid dienone is 1. The summed E-state index contributed by atoms with van der Waals surface area (Å²) < 4.78 is 40.8. The highest BCUT2D eigenvalue weighted by atomic mass is 19.4. The third kappa shape index (κ3) is 5.34. The van der Waals surface area contributed by atoms with Crippen molar-refractivity contribution in [2.45, 2.75) is 26.8 Å². The Morgan fingerprint density at radius 3 is 2.45 bits per heavy atom. The van der Waals surface area contributed by atoms with Crippen molar-refractivity contribution < 1.29 is 22.7 Å². The Morgan fingerprint density at radius 1 is 1.30 bits per heavy atom. The van der Waals surface area contributed by atoms with Crippen LogP contribution in [-0.2, 0) is 11.3 Å². The molecule has 0 bridgehead atoms. The third-order valence-electron chi connectivity index (χ3n) is 2.39. The molecule has 0 saturated carbocycles. The van der Waals surface area contributed by atoms with Gasteiger partial charge in [-0.1, -0.05) is 23.8 Å². The maximum Gasteiger partial charge on any atom is 0.573 e. The number of nitrogens with zero attached hydrogens (tertiary/aromatic N) is 1. The molecule has 1 aromatic rings. The number of rotatable bonds is 4. The molecule has 0 atom stereocenters. The minimum absolute atomic E-state index is 0.0366. The second kappa shape index (κ2) is 6.45. The molecule has 0 heterocycles. The van der Waals surface area contributed by atoms with E-state index in [2.05, 4.69) is 4.74 Å². The van der Waals surface area contributed by atoms with E-state index in [-0.39, 0.29) is 18.2 Å². The van der Waals surface area contributed by atoms with Crippen LogP contribution in [0.5, 0.6) is 5.75 Å². The first-order chi connectivity index (χ1) is 9.19. The van der Waals surface area contributed by atoms with Gasteiger partial charge in [-0.3, -0.25) is 4.79 Å². The Kier molecular flexibility index (Phi) is 5.19. The standard InChI is InChI=1S/C14H16F3NO2/c1-10(2)8-13(19)18(3)9-11-6-4-5-7-12(11)20-14(15,16)17/h4-8H,9H2,1-3H3. The summed E-state index contributed by atoms with van der Waals surface area (Å²) in [5.41, 5.74) is 1.12. The lowest BCUT2D eigenvalue weighted by atomic mass is 10.2. The van der Waals surface area contributed by atoms with Gasteiger partial charge in [-0.2, -0.15) is 0 Å². The predicted molar refractivity (Wildman–Crippen MR) is 69.0 cm³/mol. The van der Waals surface area contributed by atoms with Crippen LogP contribution in [0.4, 0.5) is 13.2 Å². The van der Waals surface area contributed by atoms with Gasteiger partial charge < -0.3 is 9.64 Å². The molecule has 0 unspecified atom stereocenters. The summed E-state index contributed by atoms with van der Waals surface area (Å²) in [6.45, 7) is 3.58. The molecule has 1 aromatic carbocycles. The van der Waals surface area contributed by atoms with Gasteiger partial charge in [-0.05, 0) is 19.9 Å². The van der Waals surface area contributed by atoms with Crippen LogP contribution < -0.4 is 4.74 Å². The predicted octanol–water partition coefficient (Wildman–Crippen LogP) is 3.51. The van der Waals surface area contributed by atoms with Crippen molar-refractivity contribution in [3.8, 4) is 5.75 Å². The van der Waals surface area contributed by atoms with Crippen molar-refractivity contribution in [2.24, 2.45) is 0 Å². The summed E-state index contributed by atoms with van der Waals surface area (Å²) in [5.74, 6) is -0.566. The molecule has 3 nitrogen and oxygen atoms in total. The van der Waals surface area contributed by atoms with Crippen LogP contribution in [0.3, 0.4) is 0 Å². The second-order valence-corrected chi connectivity index (χ2v) is 4.57. The van der Waals surface area contributed by atoms with Crippen LogP contribution in [-0.4, -0.2) is 24.2 Å². The first-order valence-corrected chi connectivity index (χ1v) is 5.92. The molecule has 1 rings (SSSR count). The average molecular weight is 287 g/mol. The van der Waals surface area contributed by atoms with Crippen molar-refractivity contribution in [3.05, 3.63) is 41.5 Å². The zero-order valence-electron chi connectivity index (χ0n) is 11.5. The van der Waals surface area contributed by atoms with Gasteiger partial charge >= 0.3 is 6.36 Å². The minimum Gasteiger partial charge on any atom is -0.405 e. The van der Waals surface area contributed by atoms with Gasteiger partial charge in [-0.15, -0.1) is 13.2 Å². The van der Waals surface area contributed by atoms with E-state index in [1.165, 1.54) is 36.2 Å². The lowest BCUT2D eigenvalue weighted by Crippen LogP contribution is -2.25. The number of likely N-dealkylation sites (N-methyl/N-ethyl adjacent to an activating group) is 1. The van der Waals surface area contributed by atoms with Crippen molar-refractivity contribution in [3.63, 3.8) is 0 Å². The van der Waals surface area contributed by atoms with Gasteiger partial charge in [0, 0.05) is 25.2 Å². The zero-order chi connectivity index (χ0) is 15.3. The van der Waals surface area contributed by atoms with E-state index >= 15 is 0 Å². The fraction of sp³-hybridized carbons (Fsp3) is 0.357. The van der Waals surface area contributed by atoms with Crippen molar-refractivity contribution >= 4 is 5.91 Å². The Labute approximate surface area is 115 Å². The molecule has 0 aliphatic heterocycles. The smallest absolute Gasteiger partial charge is 0.405 e. The molecule has 0 fully saturated rings. The molecule has 0 aliphatic carbocycles. The number of benzene rings is 1. The monoisotopic (exact) mass is 287 g/mol. The van der Waals surface area contributed by atoms with Gasteiger partial charge in [0.15, 0.2) is 0 Å². The fourth-order valence-corrected chi connectivity index (χ4v) is 1.55. The van der Waals surface area contributed by atoms with E-state index in [1.807, 2.05) is 0 Å². The van der Waals surface area contributed by atoms with Gasteiger partial charge in [0.2, 0.25) is 5.91 Å². The Hall–Kier alpha value is -1.98. The summed E-state index contributed by atoms with van der Waals surface area (Å²) >= 11 is 0. The normalized spacial score (nSPS) is 10.9. The van der Waals surface area contributed by atoms with Gasteiger partial charge in [-0.25, -0.2) is 0 Å². The van der Waals surface area contributed by atoms with Crippen LogP contribution in [0.2, 0.25) is 0 Å². The molecule has 110 valence electrons. The van der Waals surface area contributed by atoms with Crippen molar-refractivity contribution in [1.29, 1.82) is 0 Å². The highest BCUT2D eigenvalue weighted by Gasteiger charge is 2.32. The Morgan fingerprint density at radius 2 is 1.90 bits per heavy atom. The average Bonchev–Trinajstić information content (AvgIpc) is 2.28. The number of carbonyl (C=O) groups excluding carboxylic acids is 1. The van der Waals surface area contributed by atoms with E-state index in [0.717, 1.165) is 5.57 Å². The number of amides is 1. The fourth-order valence-electron chi connectivity index (χ4n) is 1.55.